The SMILES string of the molecule is C[C@@H](N)NC(=O)CCC(F)(F)F. The average Bonchev–Trinajstić information content (AvgIpc) is 1.80. The minimum Gasteiger partial charge on any atom is -0.341 e. The van der Waals surface area contributed by atoms with Crippen LogP contribution in [0.5, 0.6) is 0 Å². The average molecular weight is 184 g/mol. The second kappa shape index (κ2) is 4.30. The zero-order valence-corrected chi connectivity index (χ0v) is 6.61. The Labute approximate surface area is 68.1 Å². The molecule has 0 aromatic rings. The van der Waals surface area contributed by atoms with Gasteiger partial charge < -0.3 is 11.1 Å². The van der Waals surface area contributed by atoms with Crippen molar-refractivity contribution < 1.29 is 18.0 Å². The van der Waals surface area contributed by atoms with Gasteiger partial charge in [0.25, 0.3) is 0 Å². The molecule has 0 rings (SSSR count). The molecule has 1 amide bonds. The van der Waals surface area contributed by atoms with Gasteiger partial charge in [-0.15, -0.1) is 0 Å². The van der Waals surface area contributed by atoms with Gasteiger partial charge in [-0.05, 0) is 6.92 Å². The van der Waals surface area contributed by atoms with E-state index in [1.165, 1.54) is 6.92 Å². The molecule has 0 spiro atoms. The zero-order valence-electron chi connectivity index (χ0n) is 6.61. The van der Waals surface area contributed by atoms with Crippen molar-refractivity contribution in [2.75, 3.05) is 0 Å². The number of hydrogen-bond donors (Lipinski definition) is 2. The van der Waals surface area contributed by atoms with Gasteiger partial charge in [-0.1, -0.05) is 0 Å². The molecule has 1 atom stereocenters. The number of nitrogens with two attached hydrogens (primary N) is 1. The van der Waals surface area contributed by atoms with Crippen molar-refractivity contribution in [2.45, 2.75) is 32.1 Å². The van der Waals surface area contributed by atoms with Crippen LogP contribution in [0.15, 0.2) is 0 Å². The molecule has 3 N–H and O–H groups in total. The van der Waals surface area contributed by atoms with E-state index in [1.807, 2.05) is 0 Å². The summed E-state index contributed by atoms with van der Waals surface area (Å²) in [4.78, 5) is 10.6. The van der Waals surface area contributed by atoms with Crippen LogP contribution in [0, 0.1) is 0 Å². The smallest absolute Gasteiger partial charge is 0.341 e. The quantitative estimate of drug-likeness (QED) is 0.636. The molecule has 0 bridgehead atoms. The largest absolute Gasteiger partial charge is 0.389 e. The highest BCUT2D eigenvalue weighted by molar-refractivity contribution is 5.76. The fraction of sp³-hybridized carbons (Fsp3) is 0.833. The molecule has 0 aliphatic rings. The van der Waals surface area contributed by atoms with E-state index in [-0.39, 0.29) is 0 Å². The Bertz CT molecular complexity index is 155. The Hall–Kier alpha value is -0.780. The van der Waals surface area contributed by atoms with E-state index in [4.69, 9.17) is 5.73 Å². The van der Waals surface area contributed by atoms with Crippen LogP contribution in [0.2, 0.25) is 0 Å². The number of halogens is 3. The summed E-state index contributed by atoms with van der Waals surface area (Å²) in [5.41, 5.74) is 5.12. The molecule has 6 heteroatoms. The monoisotopic (exact) mass is 184 g/mol. The summed E-state index contributed by atoms with van der Waals surface area (Å²) < 4.78 is 34.6. The molecule has 72 valence electrons. The predicted octanol–water partition coefficient (Wildman–Crippen LogP) is 0.750. The summed E-state index contributed by atoms with van der Waals surface area (Å²) in [6.45, 7) is 1.48. The molecule has 0 fully saturated rings. The van der Waals surface area contributed by atoms with E-state index in [1.54, 1.807) is 0 Å². The topological polar surface area (TPSA) is 55.1 Å². The highest BCUT2D eigenvalue weighted by Gasteiger charge is 2.27. The van der Waals surface area contributed by atoms with Crippen molar-refractivity contribution in [3.63, 3.8) is 0 Å². The molecular weight excluding hydrogens is 173 g/mol. The van der Waals surface area contributed by atoms with Gasteiger partial charge in [0.15, 0.2) is 0 Å². The van der Waals surface area contributed by atoms with Crippen LogP contribution in [0.1, 0.15) is 19.8 Å². The van der Waals surface area contributed by atoms with Gasteiger partial charge in [0, 0.05) is 6.42 Å². The second-order valence-electron chi connectivity index (χ2n) is 2.47. The van der Waals surface area contributed by atoms with Crippen LogP contribution in [0.25, 0.3) is 0 Å². The second-order valence-corrected chi connectivity index (χ2v) is 2.47. The minimum atomic E-state index is -4.28. The number of carbonyl (C=O) groups is 1. The maximum Gasteiger partial charge on any atom is 0.389 e. The maximum atomic E-state index is 11.5. The third-order valence-electron chi connectivity index (χ3n) is 1.02. The summed E-state index contributed by atoms with van der Waals surface area (Å²) in [5.74, 6) is -0.678. The molecule has 0 radical (unpaired) electrons. The van der Waals surface area contributed by atoms with Gasteiger partial charge in [-0.25, -0.2) is 0 Å². The molecule has 0 saturated heterocycles. The van der Waals surface area contributed by atoms with Crippen molar-refractivity contribution in [3.05, 3.63) is 0 Å². The van der Waals surface area contributed by atoms with Crippen molar-refractivity contribution in [1.82, 2.24) is 5.32 Å². The van der Waals surface area contributed by atoms with Gasteiger partial charge in [-0.3, -0.25) is 4.79 Å². The van der Waals surface area contributed by atoms with E-state index >= 15 is 0 Å². The van der Waals surface area contributed by atoms with Gasteiger partial charge in [-0.2, -0.15) is 13.2 Å². The number of alkyl halides is 3. The molecule has 0 unspecified atom stereocenters. The standard InChI is InChI=1S/C6H11F3N2O/c1-4(10)11-5(12)2-3-6(7,8)9/h4H,2-3,10H2,1H3,(H,11,12)/t4-/m0/s1. The Morgan fingerprint density at radius 3 is 2.42 bits per heavy atom. The van der Waals surface area contributed by atoms with Crippen LogP contribution in [-0.2, 0) is 4.79 Å². The van der Waals surface area contributed by atoms with Crippen molar-refractivity contribution in [3.8, 4) is 0 Å². The first-order valence-electron chi connectivity index (χ1n) is 3.43. The summed E-state index contributed by atoms with van der Waals surface area (Å²) in [6.07, 6.45) is -6.56. The van der Waals surface area contributed by atoms with E-state index in [9.17, 15) is 18.0 Å². The lowest BCUT2D eigenvalue weighted by molar-refractivity contribution is -0.144. The number of nitrogens with one attached hydrogen (secondary N) is 1. The van der Waals surface area contributed by atoms with E-state index in [0.29, 0.717) is 0 Å². The van der Waals surface area contributed by atoms with Crippen molar-refractivity contribution in [2.24, 2.45) is 5.73 Å². The van der Waals surface area contributed by atoms with E-state index in [0.717, 1.165) is 0 Å². The summed E-state index contributed by atoms with van der Waals surface area (Å²) in [7, 11) is 0. The molecule has 0 heterocycles. The first-order chi connectivity index (χ1) is 5.31. The number of rotatable bonds is 3. The van der Waals surface area contributed by atoms with Crippen LogP contribution in [-0.4, -0.2) is 18.2 Å². The molecule has 0 aromatic heterocycles. The predicted molar refractivity (Wildman–Crippen MR) is 37.1 cm³/mol. The zero-order chi connectivity index (χ0) is 9.78. The lowest BCUT2D eigenvalue weighted by Crippen LogP contribution is -2.39. The highest BCUT2D eigenvalue weighted by Crippen LogP contribution is 2.20. The third-order valence-corrected chi connectivity index (χ3v) is 1.02. The van der Waals surface area contributed by atoms with Crippen molar-refractivity contribution in [1.29, 1.82) is 0 Å². The minimum absolute atomic E-state index is 0.564. The van der Waals surface area contributed by atoms with Crippen LogP contribution >= 0.6 is 0 Å². The normalized spacial score (nSPS) is 14.1. The molecule has 0 aliphatic carbocycles. The van der Waals surface area contributed by atoms with E-state index < -0.39 is 31.1 Å². The molecule has 0 saturated carbocycles. The van der Waals surface area contributed by atoms with E-state index in [2.05, 4.69) is 5.32 Å². The molecule has 0 aliphatic heterocycles. The Balaban J connectivity index is 3.58. The van der Waals surface area contributed by atoms with Gasteiger partial charge in [0.05, 0.1) is 12.6 Å². The first kappa shape index (κ1) is 11.2. The maximum absolute atomic E-state index is 11.5. The summed E-state index contributed by atoms with van der Waals surface area (Å²) >= 11 is 0. The molecular formula is C6H11F3N2O. The number of carbonyl (C=O) groups excluding carboxylic acids is 1. The fourth-order valence-electron chi connectivity index (χ4n) is 0.581. The van der Waals surface area contributed by atoms with Crippen LogP contribution in [0.3, 0.4) is 0 Å². The summed E-state index contributed by atoms with van der Waals surface area (Å²) in [5, 5.41) is 2.15. The highest BCUT2D eigenvalue weighted by atomic mass is 19.4. The van der Waals surface area contributed by atoms with Gasteiger partial charge >= 0.3 is 6.18 Å². The first-order valence-corrected chi connectivity index (χ1v) is 3.43. The van der Waals surface area contributed by atoms with Crippen LogP contribution in [0.4, 0.5) is 13.2 Å². The number of hydrogen-bond acceptors (Lipinski definition) is 2. The lowest BCUT2D eigenvalue weighted by Gasteiger charge is -2.09. The Morgan fingerprint density at radius 2 is 2.08 bits per heavy atom. The summed E-state index contributed by atoms with van der Waals surface area (Å²) in [6, 6.07) is 0. The molecule has 3 nitrogen and oxygen atoms in total. The Kier molecular flexibility index (Phi) is 4.02. The molecule has 0 aromatic carbocycles. The lowest BCUT2D eigenvalue weighted by atomic mass is 10.3. The van der Waals surface area contributed by atoms with Crippen molar-refractivity contribution >= 4 is 5.91 Å². The van der Waals surface area contributed by atoms with Crippen LogP contribution < -0.4 is 11.1 Å². The number of amides is 1. The fourth-order valence-corrected chi connectivity index (χ4v) is 0.581. The molecule has 12 heavy (non-hydrogen) atoms. The Morgan fingerprint density at radius 1 is 1.58 bits per heavy atom. The third kappa shape index (κ3) is 7.33. The van der Waals surface area contributed by atoms with Gasteiger partial charge in [0.2, 0.25) is 5.91 Å². The van der Waals surface area contributed by atoms with Gasteiger partial charge in [0.1, 0.15) is 0 Å².